The quantitative estimate of drug-likeness (QED) is 0.638. The topological polar surface area (TPSA) is 32.3 Å². The van der Waals surface area contributed by atoms with Gasteiger partial charge in [-0.1, -0.05) is 74.5 Å². The third-order valence-electron chi connectivity index (χ3n) is 5.44. The molecule has 3 nitrogen and oxygen atoms in total. The number of carbonyl (C=O) groups is 1. The van der Waals surface area contributed by atoms with Gasteiger partial charge in [-0.15, -0.1) is 0 Å². The highest BCUT2D eigenvalue weighted by atomic mass is 16.2. The molecule has 0 bridgehead atoms. The van der Waals surface area contributed by atoms with Gasteiger partial charge in [0.1, 0.15) is 6.04 Å². The monoisotopic (exact) mass is 370 g/mol. The van der Waals surface area contributed by atoms with Crippen LogP contribution in [0.1, 0.15) is 42.5 Å². The van der Waals surface area contributed by atoms with Crippen molar-refractivity contribution in [2.75, 3.05) is 16.8 Å². The Morgan fingerprint density at radius 1 is 0.857 bits per heavy atom. The molecule has 3 aromatic rings. The number of nitrogens with zero attached hydrogens (tertiary/aromatic N) is 1. The van der Waals surface area contributed by atoms with E-state index < -0.39 is 0 Å². The van der Waals surface area contributed by atoms with Crippen molar-refractivity contribution < 1.29 is 4.79 Å². The Morgan fingerprint density at radius 2 is 1.54 bits per heavy atom. The lowest BCUT2D eigenvalue weighted by atomic mass is 10.0. The van der Waals surface area contributed by atoms with Gasteiger partial charge in [0, 0.05) is 17.9 Å². The highest BCUT2D eigenvalue weighted by Crippen LogP contribution is 2.35. The first-order chi connectivity index (χ1) is 13.6. The van der Waals surface area contributed by atoms with Crippen molar-refractivity contribution in [2.24, 2.45) is 0 Å². The molecule has 1 heterocycles. The Bertz CT molecular complexity index is 948. The van der Waals surface area contributed by atoms with E-state index in [1.54, 1.807) is 0 Å². The van der Waals surface area contributed by atoms with E-state index in [4.69, 9.17) is 0 Å². The summed E-state index contributed by atoms with van der Waals surface area (Å²) >= 11 is 0. The van der Waals surface area contributed by atoms with Gasteiger partial charge in [0.15, 0.2) is 0 Å². The largest absolute Gasteiger partial charge is 0.355 e. The third kappa shape index (κ3) is 3.65. The molecule has 1 aliphatic rings. The average Bonchev–Trinajstić information content (AvgIpc) is 3.13. The van der Waals surface area contributed by atoms with E-state index in [0.29, 0.717) is 5.92 Å². The van der Waals surface area contributed by atoms with E-state index in [-0.39, 0.29) is 11.9 Å². The highest BCUT2D eigenvalue weighted by molar-refractivity contribution is 5.98. The smallest absolute Gasteiger partial charge is 0.251 e. The van der Waals surface area contributed by atoms with Gasteiger partial charge in [0.25, 0.3) is 5.91 Å². The van der Waals surface area contributed by atoms with Crippen LogP contribution in [-0.4, -0.2) is 12.5 Å². The lowest BCUT2D eigenvalue weighted by Gasteiger charge is -2.30. The normalized spacial score (nSPS) is 14.0. The second kappa shape index (κ2) is 7.89. The standard InChI is InChI=1S/C25H26N2O/c1-18(2)19-12-14-22(15-13-19)26-25(28)24(21-9-4-3-5-10-21)27-17-16-20-8-6-7-11-23(20)27/h3-15,18,24H,16-17H2,1-2H3,(H,26,28)/t24-/m0/s1. The van der Waals surface area contributed by atoms with Crippen molar-refractivity contribution >= 4 is 17.3 Å². The van der Waals surface area contributed by atoms with Crippen LogP contribution in [0.25, 0.3) is 0 Å². The minimum Gasteiger partial charge on any atom is -0.355 e. The highest BCUT2D eigenvalue weighted by Gasteiger charge is 2.32. The predicted molar refractivity (Wildman–Crippen MR) is 116 cm³/mol. The third-order valence-corrected chi connectivity index (χ3v) is 5.44. The summed E-state index contributed by atoms with van der Waals surface area (Å²) in [6.07, 6.45) is 0.968. The Labute approximate surface area is 167 Å². The lowest BCUT2D eigenvalue weighted by Crippen LogP contribution is -2.36. The SMILES string of the molecule is CC(C)c1ccc(NC(=O)[C@H](c2ccccc2)N2CCc3ccccc32)cc1. The molecule has 1 atom stereocenters. The molecule has 0 spiro atoms. The molecule has 0 saturated heterocycles. The summed E-state index contributed by atoms with van der Waals surface area (Å²) in [4.78, 5) is 15.6. The number of hydrogen-bond acceptors (Lipinski definition) is 2. The maximum absolute atomic E-state index is 13.4. The van der Waals surface area contributed by atoms with Crippen molar-refractivity contribution in [3.63, 3.8) is 0 Å². The zero-order chi connectivity index (χ0) is 19.5. The molecule has 0 saturated carbocycles. The Hall–Kier alpha value is -3.07. The van der Waals surface area contributed by atoms with Crippen LogP contribution in [0.15, 0.2) is 78.9 Å². The van der Waals surface area contributed by atoms with E-state index in [1.807, 2.05) is 48.5 Å². The van der Waals surface area contributed by atoms with E-state index in [9.17, 15) is 4.79 Å². The van der Waals surface area contributed by atoms with Gasteiger partial charge in [-0.05, 0) is 47.2 Å². The van der Waals surface area contributed by atoms with Gasteiger partial charge in [-0.3, -0.25) is 4.79 Å². The molecule has 3 aromatic carbocycles. The van der Waals surface area contributed by atoms with E-state index in [0.717, 1.165) is 29.9 Å². The summed E-state index contributed by atoms with van der Waals surface area (Å²) in [6.45, 7) is 5.19. The van der Waals surface area contributed by atoms with E-state index >= 15 is 0 Å². The maximum atomic E-state index is 13.4. The van der Waals surface area contributed by atoms with Crippen molar-refractivity contribution in [3.8, 4) is 0 Å². The fourth-order valence-corrected chi connectivity index (χ4v) is 3.90. The molecule has 0 radical (unpaired) electrons. The number of fused-ring (bicyclic) bond motifs is 1. The molecule has 1 amide bonds. The molecular formula is C25H26N2O. The molecule has 1 N–H and O–H groups in total. The van der Waals surface area contributed by atoms with Crippen LogP contribution in [0.2, 0.25) is 0 Å². The Morgan fingerprint density at radius 3 is 2.25 bits per heavy atom. The first-order valence-electron chi connectivity index (χ1n) is 9.94. The van der Waals surface area contributed by atoms with Gasteiger partial charge in [-0.25, -0.2) is 0 Å². The van der Waals surface area contributed by atoms with Gasteiger partial charge >= 0.3 is 0 Å². The lowest BCUT2D eigenvalue weighted by molar-refractivity contribution is -0.117. The molecule has 0 unspecified atom stereocenters. The number of carbonyl (C=O) groups excluding carboxylic acids is 1. The summed E-state index contributed by atoms with van der Waals surface area (Å²) < 4.78 is 0. The maximum Gasteiger partial charge on any atom is 0.251 e. The molecule has 0 aromatic heterocycles. The number of hydrogen-bond donors (Lipinski definition) is 1. The van der Waals surface area contributed by atoms with E-state index in [1.165, 1.54) is 11.1 Å². The Balaban J connectivity index is 1.64. The van der Waals surface area contributed by atoms with Gasteiger partial charge in [0.2, 0.25) is 0 Å². The van der Waals surface area contributed by atoms with Crippen molar-refractivity contribution in [1.82, 2.24) is 0 Å². The summed E-state index contributed by atoms with van der Waals surface area (Å²) in [7, 11) is 0. The summed E-state index contributed by atoms with van der Waals surface area (Å²) in [6, 6.07) is 26.2. The van der Waals surface area contributed by atoms with E-state index in [2.05, 4.69) is 54.4 Å². The van der Waals surface area contributed by atoms with Crippen LogP contribution in [0.5, 0.6) is 0 Å². The van der Waals surface area contributed by atoms with Gasteiger partial charge in [0.05, 0.1) is 0 Å². The van der Waals surface area contributed by atoms with Crippen LogP contribution in [0, 0.1) is 0 Å². The fourth-order valence-electron chi connectivity index (χ4n) is 3.90. The molecule has 4 rings (SSSR count). The van der Waals surface area contributed by atoms with Crippen molar-refractivity contribution in [2.45, 2.75) is 32.2 Å². The second-order valence-corrected chi connectivity index (χ2v) is 7.65. The molecule has 3 heteroatoms. The van der Waals surface area contributed by atoms with Crippen molar-refractivity contribution in [1.29, 1.82) is 0 Å². The Kier molecular flexibility index (Phi) is 5.16. The molecule has 1 aliphatic heterocycles. The number of para-hydroxylation sites is 1. The number of amides is 1. The second-order valence-electron chi connectivity index (χ2n) is 7.65. The summed E-state index contributed by atoms with van der Waals surface area (Å²) in [5.74, 6) is 0.475. The van der Waals surface area contributed by atoms with Crippen LogP contribution >= 0.6 is 0 Å². The molecule has 0 aliphatic carbocycles. The first-order valence-corrected chi connectivity index (χ1v) is 9.94. The summed E-state index contributed by atoms with van der Waals surface area (Å²) in [5.41, 5.74) is 5.57. The fraction of sp³-hybridized carbons (Fsp3) is 0.240. The molecule has 142 valence electrons. The molecular weight excluding hydrogens is 344 g/mol. The van der Waals surface area contributed by atoms with Gasteiger partial charge < -0.3 is 10.2 Å². The number of nitrogens with one attached hydrogen (secondary N) is 1. The average molecular weight is 370 g/mol. The number of benzene rings is 3. The van der Waals surface area contributed by atoms with Gasteiger partial charge in [-0.2, -0.15) is 0 Å². The van der Waals surface area contributed by atoms with Crippen LogP contribution < -0.4 is 10.2 Å². The minimum absolute atomic E-state index is 0.000185. The zero-order valence-corrected chi connectivity index (χ0v) is 16.4. The van der Waals surface area contributed by atoms with Crippen LogP contribution in [0.3, 0.4) is 0 Å². The predicted octanol–water partition coefficient (Wildman–Crippen LogP) is 5.55. The van der Waals surface area contributed by atoms with Crippen molar-refractivity contribution in [3.05, 3.63) is 95.6 Å². The number of rotatable bonds is 5. The number of anilines is 2. The van der Waals surface area contributed by atoms with Crippen LogP contribution in [0.4, 0.5) is 11.4 Å². The molecule has 28 heavy (non-hydrogen) atoms. The zero-order valence-electron chi connectivity index (χ0n) is 16.4. The first kappa shape index (κ1) is 18.3. The van der Waals surface area contributed by atoms with Crippen LogP contribution in [-0.2, 0) is 11.2 Å². The minimum atomic E-state index is -0.352. The molecule has 0 fully saturated rings. The summed E-state index contributed by atoms with van der Waals surface area (Å²) in [5, 5.41) is 3.13.